The van der Waals surface area contributed by atoms with Crippen molar-refractivity contribution in [2.45, 2.75) is 0 Å². The molecule has 0 atom stereocenters. The van der Waals surface area contributed by atoms with E-state index in [1.807, 2.05) is 6.26 Å². The van der Waals surface area contributed by atoms with Gasteiger partial charge in [0, 0.05) is 0 Å². The molecule has 0 aliphatic rings. The molecule has 0 fully saturated rings. The summed E-state index contributed by atoms with van der Waals surface area (Å²) < 4.78 is 0. The molecule has 0 saturated heterocycles. The molecule has 22 valence electrons. The zero-order valence-electron chi connectivity index (χ0n) is 1.86. The van der Waals surface area contributed by atoms with Crippen molar-refractivity contribution in [3.05, 3.63) is 0 Å². The minimum absolute atomic E-state index is 0. The standard InChI is InChI=1S/CH4S2.Na.H/c1-3-2;;/h2H,1H3;;. The summed E-state index contributed by atoms with van der Waals surface area (Å²) in [6.45, 7) is 0. The molecule has 0 spiro atoms. The molecule has 0 amide bonds. The zero-order chi connectivity index (χ0) is 2.71. The first-order valence-electron chi connectivity index (χ1n) is 0.591. The Morgan fingerprint density at radius 1 is 1.75 bits per heavy atom. The van der Waals surface area contributed by atoms with Gasteiger partial charge in [-0.3, -0.25) is 0 Å². The van der Waals surface area contributed by atoms with E-state index in [0.717, 1.165) is 0 Å². The van der Waals surface area contributed by atoms with E-state index in [2.05, 4.69) is 11.7 Å². The number of thiol groups is 1. The molecule has 4 heavy (non-hydrogen) atoms. The molecule has 0 aromatic rings. The third kappa shape index (κ3) is 9.33. The molecular weight excluding hydrogens is 99.1 g/mol. The van der Waals surface area contributed by atoms with Crippen LogP contribution in [0.1, 0.15) is 0 Å². The van der Waals surface area contributed by atoms with Crippen LogP contribution in [0.25, 0.3) is 0 Å². The van der Waals surface area contributed by atoms with Gasteiger partial charge in [-0.25, -0.2) is 0 Å². The van der Waals surface area contributed by atoms with Crippen LogP contribution in [0, 0.1) is 0 Å². The fourth-order valence-electron chi connectivity index (χ4n) is 0. The summed E-state index contributed by atoms with van der Waals surface area (Å²) in [5.74, 6) is 0. The van der Waals surface area contributed by atoms with E-state index in [4.69, 9.17) is 0 Å². The van der Waals surface area contributed by atoms with Gasteiger partial charge in [-0.05, 0) is 6.26 Å². The molecule has 0 unspecified atom stereocenters. The number of rotatable bonds is 0. The van der Waals surface area contributed by atoms with Gasteiger partial charge < -0.3 is 0 Å². The summed E-state index contributed by atoms with van der Waals surface area (Å²) in [4.78, 5) is 0. The predicted molar refractivity (Wildman–Crippen MR) is 29.6 cm³/mol. The first kappa shape index (κ1) is 9.20. The monoisotopic (exact) mass is 104 g/mol. The van der Waals surface area contributed by atoms with Crippen molar-refractivity contribution >= 4 is 52.0 Å². The molecule has 0 aliphatic carbocycles. The average molecular weight is 104 g/mol. The molecule has 0 radical (unpaired) electrons. The second-order valence-electron chi connectivity index (χ2n) is 0.183. The SMILES string of the molecule is CSS.[NaH]. The summed E-state index contributed by atoms with van der Waals surface area (Å²) in [5, 5.41) is 0. The van der Waals surface area contributed by atoms with Crippen LogP contribution in [0.2, 0.25) is 0 Å². The molecule has 0 N–H and O–H groups in total. The van der Waals surface area contributed by atoms with E-state index < -0.39 is 0 Å². The van der Waals surface area contributed by atoms with Crippen molar-refractivity contribution in [1.82, 2.24) is 0 Å². The van der Waals surface area contributed by atoms with Gasteiger partial charge in [0.25, 0.3) is 0 Å². The first-order valence-corrected chi connectivity index (χ1v) is 2.87. The second-order valence-corrected chi connectivity index (χ2v) is 1.64. The Morgan fingerprint density at radius 3 is 1.75 bits per heavy atom. The van der Waals surface area contributed by atoms with Gasteiger partial charge in [-0.2, -0.15) is 0 Å². The van der Waals surface area contributed by atoms with Gasteiger partial charge in [0.15, 0.2) is 0 Å². The van der Waals surface area contributed by atoms with Gasteiger partial charge >= 0.3 is 29.6 Å². The molecule has 0 aliphatic heterocycles. The van der Waals surface area contributed by atoms with Gasteiger partial charge in [-0.15, -0.1) is 22.5 Å². The van der Waals surface area contributed by atoms with E-state index in [1.54, 1.807) is 0 Å². The average Bonchev–Trinajstić information content (AvgIpc) is 0.918. The maximum absolute atomic E-state index is 3.71. The van der Waals surface area contributed by atoms with Crippen LogP contribution in [0.4, 0.5) is 0 Å². The molecular formula is CH5NaS2. The van der Waals surface area contributed by atoms with E-state index in [1.165, 1.54) is 10.8 Å². The van der Waals surface area contributed by atoms with Crippen molar-refractivity contribution in [2.75, 3.05) is 6.26 Å². The molecule has 0 heterocycles. The Labute approximate surface area is 57.8 Å². The van der Waals surface area contributed by atoms with E-state index >= 15 is 0 Å². The first-order chi connectivity index (χ1) is 1.41. The second kappa shape index (κ2) is 8.83. The van der Waals surface area contributed by atoms with Crippen LogP contribution in [0.15, 0.2) is 0 Å². The molecule has 0 bridgehead atoms. The fourth-order valence-corrected chi connectivity index (χ4v) is 0. The molecule has 0 aromatic carbocycles. The van der Waals surface area contributed by atoms with Crippen LogP contribution in [-0.2, 0) is 0 Å². The number of hydrogen-bond donors (Lipinski definition) is 1. The van der Waals surface area contributed by atoms with E-state index in [0.29, 0.717) is 0 Å². The van der Waals surface area contributed by atoms with Crippen LogP contribution in [0.3, 0.4) is 0 Å². The van der Waals surface area contributed by atoms with E-state index in [-0.39, 0.29) is 29.6 Å². The van der Waals surface area contributed by atoms with Crippen molar-refractivity contribution in [3.8, 4) is 0 Å². The van der Waals surface area contributed by atoms with Gasteiger partial charge in [-0.1, -0.05) is 0 Å². The van der Waals surface area contributed by atoms with Crippen molar-refractivity contribution in [1.29, 1.82) is 0 Å². The van der Waals surface area contributed by atoms with Crippen LogP contribution >= 0.6 is 22.5 Å². The van der Waals surface area contributed by atoms with Crippen LogP contribution in [-0.4, -0.2) is 35.8 Å². The Bertz CT molecular complexity index is 6.00. The Morgan fingerprint density at radius 2 is 1.75 bits per heavy atom. The predicted octanol–water partition coefficient (Wildman–Crippen LogP) is 0.546. The normalized spacial score (nSPS) is 4.50. The quantitative estimate of drug-likeness (QED) is 0.266. The molecule has 0 aromatic heterocycles. The van der Waals surface area contributed by atoms with Crippen molar-refractivity contribution < 1.29 is 0 Å². The van der Waals surface area contributed by atoms with Gasteiger partial charge in [0.2, 0.25) is 0 Å². The summed E-state index contributed by atoms with van der Waals surface area (Å²) in [6, 6.07) is 0. The van der Waals surface area contributed by atoms with Crippen LogP contribution < -0.4 is 0 Å². The molecule has 0 nitrogen and oxygen atoms in total. The minimum atomic E-state index is 0. The Hall–Kier alpha value is 1.70. The third-order valence-corrected chi connectivity index (χ3v) is 0. The molecule has 0 saturated carbocycles. The van der Waals surface area contributed by atoms with Crippen molar-refractivity contribution in [3.63, 3.8) is 0 Å². The summed E-state index contributed by atoms with van der Waals surface area (Å²) >= 11 is 3.71. The van der Waals surface area contributed by atoms with Gasteiger partial charge in [0.05, 0.1) is 0 Å². The van der Waals surface area contributed by atoms with Crippen LogP contribution in [0.5, 0.6) is 0 Å². The summed E-state index contributed by atoms with van der Waals surface area (Å²) in [5.41, 5.74) is 0. The molecule has 0 rings (SSSR count). The fraction of sp³-hybridized carbons (Fsp3) is 1.00. The van der Waals surface area contributed by atoms with Gasteiger partial charge in [0.1, 0.15) is 0 Å². The van der Waals surface area contributed by atoms with Crippen molar-refractivity contribution in [2.24, 2.45) is 0 Å². The summed E-state index contributed by atoms with van der Waals surface area (Å²) in [7, 11) is 1.44. The number of hydrogen-bond acceptors (Lipinski definition) is 2. The summed E-state index contributed by atoms with van der Waals surface area (Å²) in [6.07, 6.45) is 1.91. The van der Waals surface area contributed by atoms with E-state index in [9.17, 15) is 0 Å². The Kier molecular flexibility index (Phi) is 20.3. The zero-order valence-corrected chi connectivity index (χ0v) is 3.57. The molecule has 3 heteroatoms. The topological polar surface area (TPSA) is 0 Å². The third-order valence-electron chi connectivity index (χ3n) is 0. The Balaban J connectivity index is 0. The maximum atomic E-state index is 3.71.